The Morgan fingerprint density at radius 1 is 1.16 bits per heavy atom. The molecule has 0 bridgehead atoms. The second-order valence-electron chi connectivity index (χ2n) is 5.38. The number of hydrogen-bond donors (Lipinski definition) is 0. The third-order valence-electron chi connectivity index (χ3n) is 4.28. The average Bonchev–Trinajstić information content (AvgIpc) is 2.86. The Labute approximate surface area is 119 Å². The lowest BCUT2D eigenvalue weighted by atomic mass is 10.1. The van der Waals surface area contributed by atoms with E-state index in [0.717, 1.165) is 36.5 Å². The molecule has 0 aromatic carbocycles. The number of aromatic nitrogens is 2. The van der Waals surface area contributed by atoms with Crippen LogP contribution in [0, 0.1) is 0 Å². The molecular formula is C13H23N5S. The van der Waals surface area contributed by atoms with Crippen LogP contribution in [0.5, 0.6) is 0 Å². The molecule has 5 nitrogen and oxygen atoms in total. The second kappa shape index (κ2) is 5.73. The summed E-state index contributed by atoms with van der Waals surface area (Å²) >= 11 is 1.55. The van der Waals surface area contributed by atoms with Crippen LogP contribution in [-0.4, -0.2) is 71.0 Å². The van der Waals surface area contributed by atoms with Crippen LogP contribution >= 0.6 is 11.5 Å². The summed E-state index contributed by atoms with van der Waals surface area (Å²) in [5, 5.41) is 1.11. The Morgan fingerprint density at radius 3 is 2.47 bits per heavy atom. The zero-order chi connectivity index (χ0) is 13.2. The highest BCUT2D eigenvalue weighted by atomic mass is 32.1. The van der Waals surface area contributed by atoms with Crippen LogP contribution in [0.15, 0.2) is 0 Å². The molecule has 0 saturated carbocycles. The van der Waals surface area contributed by atoms with Crippen molar-refractivity contribution in [2.24, 2.45) is 0 Å². The number of likely N-dealkylation sites (N-methyl/N-ethyl adjacent to an activating group) is 1. The predicted molar refractivity (Wildman–Crippen MR) is 79.0 cm³/mol. The van der Waals surface area contributed by atoms with Crippen molar-refractivity contribution in [1.29, 1.82) is 0 Å². The first-order valence-electron chi connectivity index (χ1n) is 7.34. The molecule has 2 saturated heterocycles. The average molecular weight is 281 g/mol. The smallest absolute Gasteiger partial charge is 0.205 e. The van der Waals surface area contributed by atoms with Crippen molar-refractivity contribution in [3.05, 3.63) is 5.82 Å². The van der Waals surface area contributed by atoms with Gasteiger partial charge in [-0.2, -0.15) is 4.37 Å². The lowest BCUT2D eigenvalue weighted by Crippen LogP contribution is -2.63. The van der Waals surface area contributed by atoms with Crippen LogP contribution in [-0.2, 0) is 6.42 Å². The van der Waals surface area contributed by atoms with E-state index in [2.05, 4.69) is 37.9 Å². The number of piperazine rings is 1. The number of nitrogens with zero attached hydrogens (tertiary/aromatic N) is 5. The first-order valence-corrected chi connectivity index (χ1v) is 8.11. The van der Waals surface area contributed by atoms with Gasteiger partial charge in [0.15, 0.2) is 0 Å². The molecule has 19 heavy (non-hydrogen) atoms. The summed E-state index contributed by atoms with van der Waals surface area (Å²) < 4.78 is 4.36. The first kappa shape index (κ1) is 13.3. The molecule has 0 unspecified atom stereocenters. The molecule has 0 aliphatic carbocycles. The minimum Gasteiger partial charge on any atom is -0.344 e. The molecule has 2 fully saturated rings. The molecule has 1 aromatic rings. The van der Waals surface area contributed by atoms with Crippen molar-refractivity contribution in [2.75, 3.05) is 50.7 Å². The van der Waals surface area contributed by atoms with E-state index in [1.54, 1.807) is 11.5 Å². The van der Waals surface area contributed by atoms with Crippen molar-refractivity contribution in [1.82, 2.24) is 19.2 Å². The topological polar surface area (TPSA) is 35.5 Å². The monoisotopic (exact) mass is 281 g/mol. The molecular weight excluding hydrogens is 258 g/mol. The Hall–Kier alpha value is -0.720. The fourth-order valence-corrected chi connectivity index (χ4v) is 3.57. The highest BCUT2D eigenvalue weighted by molar-refractivity contribution is 7.09. The lowest BCUT2D eigenvalue weighted by molar-refractivity contribution is 0.0861. The standard InChI is InChI=1S/C13H23N5S/c1-3-12-14-13(19-15-12)18-9-11(10-18)17-7-5-16(4-2)6-8-17/h11H,3-10H2,1-2H3. The van der Waals surface area contributed by atoms with Gasteiger partial charge in [0, 0.05) is 63.3 Å². The molecule has 1 aromatic heterocycles. The van der Waals surface area contributed by atoms with Gasteiger partial charge in [-0.3, -0.25) is 4.90 Å². The molecule has 0 atom stereocenters. The summed E-state index contributed by atoms with van der Waals surface area (Å²) in [5.41, 5.74) is 0. The predicted octanol–water partition coefficient (Wildman–Crippen LogP) is 0.927. The van der Waals surface area contributed by atoms with Gasteiger partial charge in [-0.1, -0.05) is 13.8 Å². The molecule has 3 heterocycles. The number of hydrogen-bond acceptors (Lipinski definition) is 6. The maximum absolute atomic E-state index is 4.56. The van der Waals surface area contributed by atoms with Crippen LogP contribution in [0.25, 0.3) is 0 Å². The highest BCUT2D eigenvalue weighted by Gasteiger charge is 2.34. The first-order chi connectivity index (χ1) is 9.30. The molecule has 2 aliphatic heterocycles. The lowest BCUT2D eigenvalue weighted by Gasteiger charge is -2.47. The van der Waals surface area contributed by atoms with E-state index in [1.807, 2.05) is 0 Å². The van der Waals surface area contributed by atoms with Crippen molar-refractivity contribution in [3.8, 4) is 0 Å². The molecule has 0 amide bonds. The zero-order valence-corrected chi connectivity index (χ0v) is 12.7. The van der Waals surface area contributed by atoms with Gasteiger partial charge in [0.1, 0.15) is 5.82 Å². The van der Waals surface area contributed by atoms with Gasteiger partial charge in [-0.15, -0.1) is 0 Å². The van der Waals surface area contributed by atoms with E-state index < -0.39 is 0 Å². The molecule has 6 heteroatoms. The number of aryl methyl sites for hydroxylation is 1. The minimum absolute atomic E-state index is 0.730. The molecule has 3 rings (SSSR count). The van der Waals surface area contributed by atoms with Crippen molar-refractivity contribution < 1.29 is 0 Å². The van der Waals surface area contributed by atoms with E-state index in [9.17, 15) is 0 Å². The summed E-state index contributed by atoms with van der Waals surface area (Å²) in [6.45, 7) is 12.7. The van der Waals surface area contributed by atoms with E-state index >= 15 is 0 Å². The van der Waals surface area contributed by atoms with Crippen molar-refractivity contribution in [3.63, 3.8) is 0 Å². The van der Waals surface area contributed by atoms with Gasteiger partial charge in [0.2, 0.25) is 5.13 Å². The minimum atomic E-state index is 0.730. The van der Waals surface area contributed by atoms with Crippen LogP contribution in [0.3, 0.4) is 0 Å². The quantitative estimate of drug-likeness (QED) is 0.820. The Morgan fingerprint density at radius 2 is 1.89 bits per heavy atom. The zero-order valence-electron chi connectivity index (χ0n) is 11.9. The van der Waals surface area contributed by atoms with Crippen LogP contribution in [0.1, 0.15) is 19.7 Å². The summed E-state index contributed by atoms with van der Waals surface area (Å²) in [6.07, 6.45) is 0.937. The SMILES string of the molecule is CCc1nsc(N2CC(N3CCN(CC)CC3)C2)n1. The van der Waals surface area contributed by atoms with E-state index in [4.69, 9.17) is 0 Å². The van der Waals surface area contributed by atoms with Gasteiger partial charge in [-0.05, 0) is 6.54 Å². The molecule has 0 radical (unpaired) electrons. The van der Waals surface area contributed by atoms with Gasteiger partial charge in [0.05, 0.1) is 0 Å². The fraction of sp³-hybridized carbons (Fsp3) is 0.846. The summed E-state index contributed by atoms with van der Waals surface area (Å²) in [6, 6.07) is 0.730. The van der Waals surface area contributed by atoms with Crippen LogP contribution in [0.2, 0.25) is 0 Å². The number of rotatable bonds is 4. The van der Waals surface area contributed by atoms with Crippen LogP contribution in [0.4, 0.5) is 5.13 Å². The maximum atomic E-state index is 4.56. The summed E-state index contributed by atoms with van der Waals surface area (Å²) in [4.78, 5) is 12.1. The third kappa shape index (κ3) is 2.75. The van der Waals surface area contributed by atoms with E-state index in [1.165, 1.54) is 32.7 Å². The number of anilines is 1. The summed E-state index contributed by atoms with van der Waals surface area (Å²) in [7, 11) is 0. The normalized spacial score (nSPS) is 22.7. The van der Waals surface area contributed by atoms with Gasteiger partial charge in [0.25, 0.3) is 0 Å². The van der Waals surface area contributed by atoms with Crippen molar-refractivity contribution >= 4 is 16.7 Å². The maximum Gasteiger partial charge on any atom is 0.205 e. The molecule has 0 spiro atoms. The van der Waals surface area contributed by atoms with Gasteiger partial charge in [-0.25, -0.2) is 4.98 Å². The van der Waals surface area contributed by atoms with E-state index in [-0.39, 0.29) is 0 Å². The highest BCUT2D eigenvalue weighted by Crippen LogP contribution is 2.26. The summed E-state index contributed by atoms with van der Waals surface area (Å²) in [5.74, 6) is 0.986. The van der Waals surface area contributed by atoms with Crippen molar-refractivity contribution in [2.45, 2.75) is 26.3 Å². The molecule has 2 aliphatic rings. The largest absolute Gasteiger partial charge is 0.344 e. The Kier molecular flexibility index (Phi) is 4.00. The van der Waals surface area contributed by atoms with Gasteiger partial charge >= 0.3 is 0 Å². The Balaban J connectivity index is 1.47. The van der Waals surface area contributed by atoms with Gasteiger partial charge < -0.3 is 9.80 Å². The fourth-order valence-electron chi connectivity index (χ4n) is 2.80. The molecule has 106 valence electrons. The van der Waals surface area contributed by atoms with E-state index in [0.29, 0.717) is 0 Å². The third-order valence-corrected chi connectivity index (χ3v) is 5.09. The second-order valence-corrected chi connectivity index (χ2v) is 6.11. The Bertz CT molecular complexity index is 407. The van der Waals surface area contributed by atoms with Crippen LogP contribution < -0.4 is 4.90 Å². The molecule has 0 N–H and O–H groups in total.